The van der Waals surface area contributed by atoms with Gasteiger partial charge in [-0.05, 0) is 35.8 Å². The van der Waals surface area contributed by atoms with Gasteiger partial charge in [0.1, 0.15) is 0 Å². The molecule has 1 heterocycles. The minimum Gasteiger partial charge on any atom is -0.353 e. The molecule has 2 aliphatic rings. The molecule has 1 aliphatic carbocycles. The lowest BCUT2D eigenvalue weighted by Crippen LogP contribution is -2.46. The molecule has 1 N–H and O–H groups in total. The Kier molecular flexibility index (Phi) is 5.45. The molecule has 4 atom stereocenters. The molecule has 1 aromatic rings. The van der Waals surface area contributed by atoms with Crippen LogP contribution in [-0.4, -0.2) is 29.3 Å². The van der Waals surface area contributed by atoms with Crippen molar-refractivity contribution in [2.24, 2.45) is 11.8 Å². The normalized spacial score (nSPS) is 29.0. The Balaban J connectivity index is 1.73. The second-order valence-corrected chi connectivity index (χ2v) is 7.82. The Morgan fingerprint density at radius 3 is 2.72 bits per heavy atom. The zero-order chi connectivity index (χ0) is 18.0. The maximum atomic E-state index is 12.8. The average Bonchev–Trinajstić information content (AvgIpc) is 2.59. The van der Waals surface area contributed by atoms with Gasteiger partial charge in [-0.2, -0.15) is 0 Å². The molecule has 1 aliphatic heterocycles. The van der Waals surface area contributed by atoms with E-state index in [2.05, 4.69) is 31.3 Å². The number of fused-ring (bicyclic) bond motifs is 1. The van der Waals surface area contributed by atoms with Gasteiger partial charge in [-0.25, -0.2) is 0 Å². The Bertz CT molecular complexity index is 643. The largest absolute Gasteiger partial charge is 0.353 e. The van der Waals surface area contributed by atoms with Gasteiger partial charge in [-0.15, -0.1) is 0 Å². The quantitative estimate of drug-likeness (QED) is 0.914. The van der Waals surface area contributed by atoms with Crippen LogP contribution >= 0.6 is 0 Å². The highest BCUT2D eigenvalue weighted by molar-refractivity contribution is 5.80. The van der Waals surface area contributed by atoms with Crippen LogP contribution in [0.5, 0.6) is 0 Å². The SMILES string of the molecule is CC(=O)N1CCc2ccccc2C1CC(=O)NC1CCCC(C)C1C. The van der Waals surface area contributed by atoms with Gasteiger partial charge in [0.2, 0.25) is 11.8 Å². The molecule has 1 saturated carbocycles. The highest BCUT2D eigenvalue weighted by Crippen LogP contribution is 2.33. The van der Waals surface area contributed by atoms with Crippen LogP contribution in [0, 0.1) is 11.8 Å². The molecule has 136 valence electrons. The molecule has 0 saturated heterocycles. The third-order valence-electron chi connectivity index (χ3n) is 6.25. The summed E-state index contributed by atoms with van der Waals surface area (Å²) >= 11 is 0. The van der Waals surface area contributed by atoms with Crippen molar-refractivity contribution in [3.8, 4) is 0 Å². The zero-order valence-electron chi connectivity index (χ0n) is 15.6. The van der Waals surface area contributed by atoms with Gasteiger partial charge in [-0.1, -0.05) is 51.0 Å². The molecule has 3 rings (SSSR count). The summed E-state index contributed by atoms with van der Waals surface area (Å²) in [5.41, 5.74) is 2.39. The van der Waals surface area contributed by atoms with Crippen LogP contribution in [0.15, 0.2) is 24.3 Å². The maximum absolute atomic E-state index is 12.8. The van der Waals surface area contributed by atoms with Crippen molar-refractivity contribution >= 4 is 11.8 Å². The van der Waals surface area contributed by atoms with Gasteiger partial charge in [0, 0.05) is 19.5 Å². The van der Waals surface area contributed by atoms with Crippen LogP contribution in [-0.2, 0) is 16.0 Å². The lowest BCUT2D eigenvalue weighted by atomic mass is 9.78. The van der Waals surface area contributed by atoms with E-state index in [1.54, 1.807) is 6.92 Å². The fraction of sp³-hybridized carbons (Fsp3) is 0.619. The first kappa shape index (κ1) is 18.0. The smallest absolute Gasteiger partial charge is 0.222 e. The predicted molar refractivity (Wildman–Crippen MR) is 99.0 cm³/mol. The van der Waals surface area contributed by atoms with Crippen LogP contribution in [0.25, 0.3) is 0 Å². The molecule has 4 nitrogen and oxygen atoms in total. The van der Waals surface area contributed by atoms with Gasteiger partial charge in [0.25, 0.3) is 0 Å². The van der Waals surface area contributed by atoms with Crippen LogP contribution in [0.1, 0.15) is 63.6 Å². The van der Waals surface area contributed by atoms with Gasteiger partial charge in [0.15, 0.2) is 0 Å². The number of carbonyl (C=O) groups is 2. The Hall–Kier alpha value is -1.84. The molecular formula is C21H30N2O2. The van der Waals surface area contributed by atoms with Crippen molar-refractivity contribution < 1.29 is 9.59 Å². The molecule has 2 amide bonds. The molecule has 4 unspecified atom stereocenters. The van der Waals surface area contributed by atoms with E-state index in [4.69, 9.17) is 0 Å². The monoisotopic (exact) mass is 342 g/mol. The van der Waals surface area contributed by atoms with Gasteiger partial charge < -0.3 is 10.2 Å². The van der Waals surface area contributed by atoms with Crippen molar-refractivity contribution in [2.45, 2.75) is 65.0 Å². The molecule has 0 bridgehead atoms. The number of nitrogens with zero attached hydrogens (tertiary/aromatic N) is 1. The summed E-state index contributed by atoms with van der Waals surface area (Å²) in [6.07, 6.45) is 4.72. The molecule has 1 fully saturated rings. The topological polar surface area (TPSA) is 49.4 Å². The van der Waals surface area contributed by atoms with E-state index in [1.807, 2.05) is 17.0 Å². The average molecular weight is 342 g/mol. The first-order valence-corrected chi connectivity index (χ1v) is 9.61. The Morgan fingerprint density at radius 2 is 1.96 bits per heavy atom. The van der Waals surface area contributed by atoms with E-state index < -0.39 is 0 Å². The van der Waals surface area contributed by atoms with E-state index >= 15 is 0 Å². The first-order valence-electron chi connectivity index (χ1n) is 9.61. The number of amides is 2. The highest BCUT2D eigenvalue weighted by Gasteiger charge is 2.33. The number of hydrogen-bond acceptors (Lipinski definition) is 2. The molecule has 4 heteroatoms. The molecule has 1 aromatic carbocycles. The van der Waals surface area contributed by atoms with Gasteiger partial charge >= 0.3 is 0 Å². The number of benzene rings is 1. The van der Waals surface area contributed by atoms with E-state index in [-0.39, 0.29) is 23.9 Å². The predicted octanol–water partition coefficient (Wildman–Crippen LogP) is 3.46. The lowest BCUT2D eigenvalue weighted by molar-refractivity contribution is -0.133. The summed E-state index contributed by atoms with van der Waals surface area (Å²) in [6, 6.07) is 8.33. The summed E-state index contributed by atoms with van der Waals surface area (Å²) in [5, 5.41) is 3.26. The Morgan fingerprint density at radius 1 is 1.20 bits per heavy atom. The lowest BCUT2D eigenvalue weighted by Gasteiger charge is -2.38. The molecular weight excluding hydrogens is 312 g/mol. The van der Waals surface area contributed by atoms with E-state index in [9.17, 15) is 9.59 Å². The van der Waals surface area contributed by atoms with Crippen molar-refractivity contribution in [1.82, 2.24) is 10.2 Å². The minimum absolute atomic E-state index is 0.0481. The fourth-order valence-corrected chi connectivity index (χ4v) is 4.48. The number of nitrogens with one attached hydrogen (secondary N) is 1. The number of rotatable bonds is 3. The van der Waals surface area contributed by atoms with Crippen molar-refractivity contribution in [1.29, 1.82) is 0 Å². The van der Waals surface area contributed by atoms with E-state index in [0.717, 1.165) is 18.4 Å². The third-order valence-corrected chi connectivity index (χ3v) is 6.25. The van der Waals surface area contributed by atoms with Crippen molar-refractivity contribution in [3.05, 3.63) is 35.4 Å². The summed E-state index contributed by atoms with van der Waals surface area (Å²) in [4.78, 5) is 26.7. The standard InChI is InChI=1S/C21H30N2O2/c1-14-7-6-10-19(15(14)2)22-21(25)13-20-18-9-5-4-8-17(18)11-12-23(20)16(3)24/h4-5,8-9,14-15,19-20H,6-7,10-13H2,1-3H3,(H,22,25). The molecule has 0 spiro atoms. The number of hydrogen-bond donors (Lipinski definition) is 1. The Labute approximate surface area is 151 Å². The molecule has 25 heavy (non-hydrogen) atoms. The van der Waals surface area contributed by atoms with Gasteiger partial charge in [-0.3, -0.25) is 9.59 Å². The van der Waals surface area contributed by atoms with Gasteiger partial charge in [0.05, 0.1) is 12.5 Å². The minimum atomic E-state index is -0.140. The first-order chi connectivity index (χ1) is 12.0. The van der Waals surface area contributed by atoms with Crippen LogP contribution < -0.4 is 5.32 Å². The maximum Gasteiger partial charge on any atom is 0.222 e. The van der Waals surface area contributed by atoms with Crippen LogP contribution in [0.4, 0.5) is 0 Å². The second-order valence-electron chi connectivity index (χ2n) is 7.82. The molecule has 0 radical (unpaired) electrons. The highest BCUT2D eigenvalue weighted by atomic mass is 16.2. The van der Waals surface area contributed by atoms with Crippen LogP contribution in [0.2, 0.25) is 0 Å². The van der Waals surface area contributed by atoms with Crippen molar-refractivity contribution in [2.75, 3.05) is 6.54 Å². The zero-order valence-corrected chi connectivity index (χ0v) is 15.6. The fourth-order valence-electron chi connectivity index (χ4n) is 4.48. The van der Waals surface area contributed by atoms with Crippen LogP contribution in [0.3, 0.4) is 0 Å². The third kappa shape index (κ3) is 3.88. The summed E-state index contributed by atoms with van der Waals surface area (Å²) in [5.74, 6) is 1.29. The number of carbonyl (C=O) groups excluding carboxylic acids is 2. The summed E-state index contributed by atoms with van der Waals surface area (Å²) in [6.45, 7) is 6.81. The summed E-state index contributed by atoms with van der Waals surface area (Å²) in [7, 11) is 0. The second kappa shape index (κ2) is 7.59. The van der Waals surface area contributed by atoms with Crippen molar-refractivity contribution in [3.63, 3.8) is 0 Å². The summed E-state index contributed by atoms with van der Waals surface area (Å²) < 4.78 is 0. The van der Waals surface area contributed by atoms with E-state index in [0.29, 0.717) is 24.8 Å². The van der Waals surface area contributed by atoms with E-state index in [1.165, 1.54) is 18.4 Å². The molecule has 0 aromatic heterocycles.